The Kier molecular flexibility index (Phi) is 21.5. The van der Waals surface area contributed by atoms with Crippen LogP contribution in [0.5, 0.6) is 34.5 Å². The highest BCUT2D eigenvalue weighted by atomic mass is 16.5. The molecule has 6 aliphatic rings. The molecule has 23 aromatic rings. The number of benzene rings is 23. The molecule has 2 spiro atoms. The van der Waals surface area contributed by atoms with Gasteiger partial charge >= 0.3 is 0 Å². The molecule has 148 heavy (non-hydrogen) atoms. The summed E-state index contributed by atoms with van der Waals surface area (Å²) in [7, 11) is 0. The van der Waals surface area contributed by atoms with Gasteiger partial charge in [0.15, 0.2) is 5.75 Å². The van der Waals surface area contributed by atoms with Gasteiger partial charge in [0.25, 0.3) is 0 Å². The van der Waals surface area contributed by atoms with Crippen LogP contribution in [-0.2, 0) is 21.7 Å². The molecule has 700 valence electrons. The Morgan fingerprint density at radius 3 is 0.973 bits per heavy atom. The molecule has 0 atom stereocenters. The fourth-order valence-electron chi connectivity index (χ4n) is 24.8. The topological polar surface area (TPSA) is 37.4 Å². The fraction of sp³-hybridized carbons (Fsp3) is 0.0423. The van der Waals surface area contributed by atoms with E-state index in [1.807, 2.05) is 0 Å². The van der Waals surface area contributed by atoms with Gasteiger partial charge in [-0.25, -0.2) is 0 Å². The zero-order valence-corrected chi connectivity index (χ0v) is 81.8. The number of hydrogen-bond acceptors (Lipinski definition) is 6. The molecular formula is C142H99N3O3. The lowest BCUT2D eigenvalue weighted by atomic mass is 9.63. The van der Waals surface area contributed by atoms with Crippen LogP contribution in [0.4, 0.5) is 51.2 Å². The van der Waals surface area contributed by atoms with Crippen LogP contribution >= 0.6 is 0 Å². The maximum absolute atomic E-state index is 7.07. The molecule has 3 aliphatic carbocycles. The smallest absolute Gasteiger partial charge is 0.156 e. The number of para-hydroxylation sites is 6. The predicted octanol–water partition coefficient (Wildman–Crippen LogP) is 37.4. The van der Waals surface area contributed by atoms with Gasteiger partial charge in [0.2, 0.25) is 0 Å². The molecule has 29 rings (SSSR count). The van der Waals surface area contributed by atoms with Crippen molar-refractivity contribution in [2.45, 2.75) is 35.5 Å². The average molecular weight is 1900 g/mol. The lowest BCUT2D eigenvalue weighted by Crippen LogP contribution is -2.34. The van der Waals surface area contributed by atoms with Gasteiger partial charge in [-0.2, -0.15) is 0 Å². The van der Waals surface area contributed by atoms with Crippen LogP contribution in [-0.4, -0.2) is 0 Å². The van der Waals surface area contributed by atoms with E-state index in [1.54, 1.807) is 0 Å². The highest BCUT2D eigenvalue weighted by Gasteiger charge is 2.55. The summed E-state index contributed by atoms with van der Waals surface area (Å²) in [6.45, 7) is 4.72. The highest BCUT2D eigenvalue weighted by Crippen LogP contribution is 2.68. The van der Waals surface area contributed by atoms with Crippen molar-refractivity contribution in [1.82, 2.24) is 0 Å². The van der Waals surface area contributed by atoms with E-state index >= 15 is 0 Å². The molecule has 0 saturated heterocycles. The largest absolute Gasteiger partial charge is 0.457 e. The summed E-state index contributed by atoms with van der Waals surface area (Å²) in [4.78, 5) is 7.17. The molecule has 3 aliphatic heterocycles. The summed E-state index contributed by atoms with van der Waals surface area (Å²) < 4.78 is 20.4. The minimum Gasteiger partial charge on any atom is -0.457 e. The summed E-state index contributed by atoms with van der Waals surface area (Å²) in [5, 5.41) is 2.39. The van der Waals surface area contributed by atoms with Gasteiger partial charge in [-0.3, -0.25) is 0 Å². The van der Waals surface area contributed by atoms with Crippen molar-refractivity contribution < 1.29 is 14.2 Å². The summed E-state index contributed by atoms with van der Waals surface area (Å²) in [5.74, 6) is 5.29. The van der Waals surface area contributed by atoms with Crippen LogP contribution in [0.3, 0.4) is 0 Å². The Morgan fingerprint density at radius 1 is 0.162 bits per heavy atom. The van der Waals surface area contributed by atoms with E-state index in [2.05, 4.69) is 593 Å². The maximum atomic E-state index is 7.07. The summed E-state index contributed by atoms with van der Waals surface area (Å²) in [6, 6.07) is 203. The molecule has 6 nitrogen and oxygen atoms in total. The van der Waals surface area contributed by atoms with Crippen molar-refractivity contribution >= 4 is 62.0 Å². The second-order valence-electron chi connectivity index (χ2n) is 39.5. The van der Waals surface area contributed by atoms with Gasteiger partial charge < -0.3 is 28.9 Å². The van der Waals surface area contributed by atoms with Crippen molar-refractivity contribution in [3.63, 3.8) is 0 Å². The second kappa shape index (κ2) is 36.2. The molecule has 0 radical (unpaired) electrons. The van der Waals surface area contributed by atoms with Crippen LogP contribution in [0.25, 0.3) is 77.5 Å². The molecule has 0 aromatic heterocycles. The molecule has 0 fully saturated rings. The van der Waals surface area contributed by atoms with Crippen LogP contribution in [0.1, 0.15) is 91.7 Å². The summed E-state index contributed by atoms with van der Waals surface area (Å²) >= 11 is 0. The lowest BCUT2D eigenvalue weighted by Gasteiger charge is -2.43. The van der Waals surface area contributed by atoms with Crippen LogP contribution in [0, 0.1) is 0 Å². The third-order valence-electron chi connectivity index (χ3n) is 31.3. The van der Waals surface area contributed by atoms with Crippen molar-refractivity contribution in [3.05, 3.63) is 642 Å². The van der Waals surface area contributed by atoms with Gasteiger partial charge in [-0.05, 0) is 244 Å². The molecule has 6 heteroatoms. The van der Waals surface area contributed by atoms with E-state index in [0.717, 1.165) is 102 Å². The van der Waals surface area contributed by atoms with Crippen molar-refractivity contribution in [1.29, 1.82) is 0 Å². The predicted molar refractivity (Wildman–Crippen MR) is 608 cm³/mol. The Labute approximate surface area is 863 Å². The first-order valence-electron chi connectivity index (χ1n) is 51.1. The number of rotatable bonds is 14. The molecule has 23 aromatic carbocycles. The number of anilines is 9. The zero-order valence-electron chi connectivity index (χ0n) is 81.8. The normalized spacial score (nSPS) is 13.6. The number of fused-ring (bicyclic) bond motifs is 24. The molecule has 0 bridgehead atoms. The molecular weight excluding hydrogens is 1800 g/mol. The first-order chi connectivity index (χ1) is 73.2. The number of hydrogen-bond donors (Lipinski definition) is 0. The molecule has 0 amide bonds. The van der Waals surface area contributed by atoms with E-state index in [-0.39, 0.29) is 5.41 Å². The third kappa shape index (κ3) is 14.2. The van der Waals surface area contributed by atoms with E-state index in [9.17, 15) is 0 Å². The number of nitrogens with zero attached hydrogens (tertiary/aromatic N) is 3. The average Bonchev–Trinajstić information content (AvgIpc) is 1.53. The van der Waals surface area contributed by atoms with Gasteiger partial charge in [-0.1, -0.05) is 451 Å². The standard InChI is InChI=1S/C52H37NO.C47H33NO.C43H29NO/c1-51(2)41-19-8-6-17-38(41)39-32-31-37(33-46(39)51)53(36-29-27-35(28-30-36)34-15-4-3-5-16-34)47-24-14-23-45-50(47)40-18-7-9-20-42(40)52(45)43-21-10-12-25-48(43)54-49-26-13-11-22-44(49)52;1-4-15-34(16-5-1)36-27-30-40(31-28-36)48(41-32-29-35-17-10-11-18-37(35)33-41)44-25-14-24-43-46(44)49-45-26-13-12-23-42(45)47(43,38-19-6-2-7-20-38)39-21-8-3-9-22-39;1-3-13-30(14-4-1)31-23-25-33(26-24-31)44(32-15-5-2-6-16-32)34-27-28-42-40(29-34)43(39-21-11-12-22-41(39)45-42)37-19-9-7-17-35(37)36-18-8-10-20-38(36)43/h3-33H,1-2H3;1-33H;1-29H. The van der Waals surface area contributed by atoms with Crippen LogP contribution in [0.15, 0.2) is 564 Å². The highest BCUT2D eigenvalue weighted by molar-refractivity contribution is 6.01. The minimum absolute atomic E-state index is 0.129. The zero-order chi connectivity index (χ0) is 98.4. The Bertz CT molecular complexity index is 8890. The minimum atomic E-state index is -0.602. The quantitative estimate of drug-likeness (QED) is 0.108. The molecule has 0 saturated carbocycles. The van der Waals surface area contributed by atoms with E-state index in [0.29, 0.717) is 0 Å². The van der Waals surface area contributed by atoms with E-state index < -0.39 is 16.2 Å². The molecule has 3 heterocycles. The van der Waals surface area contributed by atoms with E-state index in [4.69, 9.17) is 14.2 Å². The Morgan fingerprint density at radius 2 is 0.466 bits per heavy atom. The van der Waals surface area contributed by atoms with E-state index in [1.165, 1.54) is 139 Å². The Hall–Kier alpha value is -18.9. The first-order valence-corrected chi connectivity index (χ1v) is 51.1. The van der Waals surface area contributed by atoms with Crippen molar-refractivity contribution in [2.75, 3.05) is 14.7 Å². The van der Waals surface area contributed by atoms with Gasteiger partial charge in [0, 0.05) is 84.2 Å². The van der Waals surface area contributed by atoms with Crippen LogP contribution in [0.2, 0.25) is 0 Å². The summed E-state index contributed by atoms with van der Waals surface area (Å²) in [6.07, 6.45) is 0. The lowest BCUT2D eigenvalue weighted by molar-refractivity contribution is 0.435. The van der Waals surface area contributed by atoms with Crippen molar-refractivity contribution in [3.8, 4) is 101 Å². The maximum Gasteiger partial charge on any atom is 0.156 e. The fourth-order valence-corrected chi connectivity index (χ4v) is 24.8. The molecule has 0 N–H and O–H groups in total. The third-order valence-corrected chi connectivity index (χ3v) is 31.3. The first kappa shape index (κ1) is 88.1. The van der Waals surface area contributed by atoms with Crippen molar-refractivity contribution in [2.24, 2.45) is 0 Å². The SMILES string of the molecule is CC1(C)c2ccccc2-c2ccc(N(c3ccc(-c4ccccc4)cc3)c3cccc4c3-c3ccccc3C43c4ccccc4Oc4ccccc43)cc21.c1ccc(-c2ccc(N(c3ccc4ccccc4c3)c3cccc4c3Oc3ccccc3C4(c3ccccc3)c3ccccc3)cc2)cc1.c1ccc(-c2ccc(N(c3ccccc3)c3ccc4c(c3)C3(c5ccccc5O4)c4ccccc4-c4ccccc43)cc2)cc1. The van der Waals surface area contributed by atoms with Gasteiger partial charge in [-0.15, -0.1) is 0 Å². The van der Waals surface area contributed by atoms with Crippen LogP contribution < -0.4 is 28.9 Å². The monoisotopic (exact) mass is 1890 g/mol. The Balaban J connectivity index is 0.000000110. The number of ether oxygens (including phenoxy) is 3. The summed E-state index contributed by atoms with van der Waals surface area (Å²) in [5.41, 5.74) is 40.0. The second-order valence-corrected chi connectivity index (χ2v) is 39.5. The molecule has 0 unspecified atom stereocenters. The van der Waals surface area contributed by atoms with Gasteiger partial charge in [0.05, 0.1) is 27.6 Å². The van der Waals surface area contributed by atoms with Gasteiger partial charge in [0.1, 0.15) is 28.7 Å².